The van der Waals surface area contributed by atoms with Crippen LogP contribution in [0.4, 0.5) is 11.4 Å². The Kier molecular flexibility index (Phi) is 4.34. The SMILES string of the molecule is CCOc1ccc(N2C(=O)c3ccccc3NC23CCSCC3)cc1. The number of hydrogen-bond acceptors (Lipinski definition) is 4. The Labute approximate surface area is 152 Å². The lowest BCUT2D eigenvalue weighted by atomic mass is 9.93. The fourth-order valence-corrected chi connectivity index (χ4v) is 4.85. The average Bonchev–Trinajstić information content (AvgIpc) is 2.64. The zero-order valence-electron chi connectivity index (χ0n) is 14.3. The van der Waals surface area contributed by atoms with Crippen molar-refractivity contribution in [3.63, 3.8) is 0 Å². The molecule has 1 saturated heterocycles. The summed E-state index contributed by atoms with van der Waals surface area (Å²) >= 11 is 1.95. The van der Waals surface area contributed by atoms with Crippen LogP contribution < -0.4 is 15.0 Å². The minimum atomic E-state index is -0.343. The zero-order valence-corrected chi connectivity index (χ0v) is 15.1. The number of thioether (sulfide) groups is 1. The van der Waals surface area contributed by atoms with E-state index in [9.17, 15) is 4.79 Å². The lowest BCUT2D eigenvalue weighted by Crippen LogP contribution is -2.62. The number of carbonyl (C=O) groups is 1. The molecule has 2 aromatic rings. The van der Waals surface area contributed by atoms with E-state index in [1.807, 2.05) is 72.1 Å². The predicted octanol–water partition coefficient (Wildman–Crippen LogP) is 4.38. The molecule has 0 bridgehead atoms. The molecule has 2 aliphatic heterocycles. The molecule has 1 fully saturated rings. The van der Waals surface area contributed by atoms with Crippen LogP contribution in [0.5, 0.6) is 5.75 Å². The van der Waals surface area contributed by atoms with Gasteiger partial charge in [-0.2, -0.15) is 11.8 Å². The van der Waals surface area contributed by atoms with Crippen molar-refractivity contribution in [3.8, 4) is 5.75 Å². The maximum atomic E-state index is 13.3. The Bertz CT molecular complexity index is 770. The van der Waals surface area contributed by atoms with E-state index in [2.05, 4.69) is 5.32 Å². The van der Waals surface area contributed by atoms with Gasteiger partial charge in [0.2, 0.25) is 0 Å². The number of rotatable bonds is 3. The van der Waals surface area contributed by atoms with Crippen LogP contribution in [0, 0.1) is 0 Å². The van der Waals surface area contributed by atoms with Crippen molar-refractivity contribution >= 4 is 29.0 Å². The predicted molar refractivity (Wildman–Crippen MR) is 104 cm³/mol. The monoisotopic (exact) mass is 354 g/mol. The molecule has 0 saturated carbocycles. The van der Waals surface area contributed by atoms with E-state index in [1.54, 1.807) is 0 Å². The minimum Gasteiger partial charge on any atom is -0.494 e. The summed E-state index contributed by atoms with van der Waals surface area (Å²) in [5.74, 6) is 3.01. The normalized spacial score (nSPS) is 18.6. The van der Waals surface area contributed by atoms with Gasteiger partial charge in [-0.25, -0.2) is 0 Å². The van der Waals surface area contributed by atoms with Crippen molar-refractivity contribution in [2.75, 3.05) is 28.3 Å². The molecule has 2 aliphatic rings. The number of hydrogen-bond donors (Lipinski definition) is 1. The van der Waals surface area contributed by atoms with Crippen molar-refractivity contribution in [1.29, 1.82) is 0 Å². The first-order valence-corrected chi connectivity index (χ1v) is 9.91. The second-order valence-corrected chi connectivity index (χ2v) is 7.61. The Morgan fingerprint density at radius 1 is 1.12 bits per heavy atom. The lowest BCUT2D eigenvalue weighted by Gasteiger charge is -2.50. The number of fused-ring (bicyclic) bond motifs is 1. The van der Waals surface area contributed by atoms with Gasteiger partial charge in [-0.05, 0) is 67.7 Å². The number of nitrogens with one attached hydrogen (secondary N) is 1. The molecule has 2 aromatic carbocycles. The molecule has 4 nitrogen and oxygen atoms in total. The standard InChI is InChI=1S/C20H22N2O2S/c1-2-24-16-9-7-15(8-10-16)22-19(23)17-5-3-4-6-18(17)21-20(22)11-13-25-14-12-20/h3-10,21H,2,11-14H2,1H3. The number of anilines is 2. The zero-order chi connectivity index (χ0) is 17.3. The van der Waals surface area contributed by atoms with Gasteiger partial charge in [-0.1, -0.05) is 12.1 Å². The van der Waals surface area contributed by atoms with Gasteiger partial charge in [0.05, 0.1) is 12.2 Å². The van der Waals surface area contributed by atoms with Crippen LogP contribution in [0.15, 0.2) is 48.5 Å². The summed E-state index contributed by atoms with van der Waals surface area (Å²) in [7, 11) is 0. The second kappa shape index (κ2) is 6.64. The van der Waals surface area contributed by atoms with Crippen LogP contribution in [-0.2, 0) is 0 Å². The van der Waals surface area contributed by atoms with Crippen molar-refractivity contribution in [1.82, 2.24) is 0 Å². The highest BCUT2D eigenvalue weighted by molar-refractivity contribution is 7.99. The van der Waals surface area contributed by atoms with E-state index >= 15 is 0 Å². The first-order chi connectivity index (χ1) is 12.2. The molecule has 0 aliphatic carbocycles. The molecule has 0 radical (unpaired) electrons. The molecule has 4 rings (SSSR count). The summed E-state index contributed by atoms with van der Waals surface area (Å²) in [5.41, 5.74) is 2.26. The number of nitrogens with zero attached hydrogens (tertiary/aromatic N) is 1. The maximum absolute atomic E-state index is 13.3. The second-order valence-electron chi connectivity index (χ2n) is 6.38. The molecule has 25 heavy (non-hydrogen) atoms. The smallest absolute Gasteiger partial charge is 0.262 e. The van der Waals surface area contributed by atoms with E-state index in [4.69, 9.17) is 4.74 Å². The van der Waals surface area contributed by atoms with Gasteiger partial charge in [-0.15, -0.1) is 0 Å². The molecular weight excluding hydrogens is 332 g/mol. The first-order valence-electron chi connectivity index (χ1n) is 8.76. The van der Waals surface area contributed by atoms with Crippen LogP contribution in [0.1, 0.15) is 30.1 Å². The van der Waals surface area contributed by atoms with Gasteiger partial charge in [-0.3, -0.25) is 9.69 Å². The number of amides is 1. The van der Waals surface area contributed by atoms with Crippen LogP contribution in [0.3, 0.4) is 0 Å². The van der Waals surface area contributed by atoms with Crippen LogP contribution in [0.25, 0.3) is 0 Å². The number of ether oxygens (including phenoxy) is 1. The highest BCUT2D eigenvalue weighted by Crippen LogP contribution is 2.42. The van der Waals surface area contributed by atoms with Gasteiger partial charge >= 0.3 is 0 Å². The van der Waals surface area contributed by atoms with E-state index in [0.717, 1.165) is 47.0 Å². The van der Waals surface area contributed by atoms with Crippen LogP contribution >= 0.6 is 11.8 Å². The molecule has 1 spiro atoms. The van der Waals surface area contributed by atoms with Gasteiger partial charge in [0.25, 0.3) is 5.91 Å². The average molecular weight is 354 g/mol. The molecule has 130 valence electrons. The van der Waals surface area contributed by atoms with Gasteiger partial charge in [0.1, 0.15) is 11.4 Å². The highest BCUT2D eigenvalue weighted by Gasteiger charge is 2.46. The third kappa shape index (κ3) is 2.86. The Balaban J connectivity index is 1.77. The third-order valence-electron chi connectivity index (χ3n) is 4.88. The highest BCUT2D eigenvalue weighted by atomic mass is 32.2. The summed E-state index contributed by atoms with van der Waals surface area (Å²) in [4.78, 5) is 15.3. The number of para-hydroxylation sites is 1. The topological polar surface area (TPSA) is 41.6 Å². The summed E-state index contributed by atoms with van der Waals surface area (Å²) in [5, 5.41) is 3.69. The Hall–Kier alpha value is -2.14. The molecule has 1 N–H and O–H groups in total. The Morgan fingerprint density at radius 3 is 2.56 bits per heavy atom. The molecular formula is C20H22N2O2S. The van der Waals surface area contributed by atoms with Crippen molar-refractivity contribution in [2.24, 2.45) is 0 Å². The van der Waals surface area contributed by atoms with Gasteiger partial charge in [0.15, 0.2) is 0 Å². The van der Waals surface area contributed by atoms with E-state index in [0.29, 0.717) is 6.61 Å². The van der Waals surface area contributed by atoms with E-state index in [-0.39, 0.29) is 11.6 Å². The molecule has 2 heterocycles. The van der Waals surface area contributed by atoms with Crippen LogP contribution in [0.2, 0.25) is 0 Å². The van der Waals surface area contributed by atoms with Crippen molar-refractivity contribution in [2.45, 2.75) is 25.4 Å². The molecule has 1 amide bonds. The van der Waals surface area contributed by atoms with E-state index < -0.39 is 0 Å². The number of carbonyl (C=O) groups excluding carboxylic acids is 1. The van der Waals surface area contributed by atoms with Crippen LogP contribution in [-0.4, -0.2) is 29.7 Å². The fourth-order valence-electron chi connectivity index (χ4n) is 3.68. The van der Waals surface area contributed by atoms with Gasteiger partial charge in [0, 0.05) is 11.4 Å². The summed E-state index contributed by atoms with van der Waals surface area (Å²) in [6.07, 6.45) is 1.87. The molecule has 0 unspecified atom stereocenters. The fraction of sp³-hybridized carbons (Fsp3) is 0.350. The maximum Gasteiger partial charge on any atom is 0.262 e. The first kappa shape index (κ1) is 16.3. The van der Waals surface area contributed by atoms with E-state index in [1.165, 1.54) is 0 Å². The van der Waals surface area contributed by atoms with Gasteiger partial charge < -0.3 is 10.1 Å². The molecule has 5 heteroatoms. The third-order valence-corrected chi connectivity index (χ3v) is 5.87. The van der Waals surface area contributed by atoms with Crippen molar-refractivity contribution < 1.29 is 9.53 Å². The number of benzene rings is 2. The molecule has 0 atom stereocenters. The molecule has 0 aromatic heterocycles. The largest absolute Gasteiger partial charge is 0.494 e. The minimum absolute atomic E-state index is 0.0745. The Morgan fingerprint density at radius 2 is 1.84 bits per heavy atom. The quantitative estimate of drug-likeness (QED) is 0.888. The van der Waals surface area contributed by atoms with Crippen molar-refractivity contribution in [3.05, 3.63) is 54.1 Å². The summed E-state index contributed by atoms with van der Waals surface area (Å²) < 4.78 is 5.55. The summed E-state index contributed by atoms with van der Waals surface area (Å²) in [6.45, 7) is 2.61. The lowest BCUT2D eigenvalue weighted by molar-refractivity contribution is 0.0949. The summed E-state index contributed by atoms with van der Waals surface area (Å²) in [6, 6.07) is 15.7.